The Labute approximate surface area is 118 Å². The molecule has 0 aliphatic carbocycles. The first-order chi connectivity index (χ1) is 8.08. The van der Waals surface area contributed by atoms with Crippen LogP contribution in [-0.2, 0) is 4.79 Å². The number of hydrogen-bond acceptors (Lipinski definition) is 3. The van der Waals surface area contributed by atoms with Crippen molar-refractivity contribution in [2.45, 2.75) is 13.0 Å². The van der Waals surface area contributed by atoms with Gasteiger partial charge in [-0.05, 0) is 40.5 Å². The molecule has 2 rings (SSSR count). The zero-order chi connectivity index (χ0) is 12.4. The van der Waals surface area contributed by atoms with Crippen LogP contribution in [0.2, 0.25) is 5.02 Å². The number of carbonyl (C=O) groups excluding carboxylic acids is 1. The molecular weight excluding hydrogens is 324 g/mol. The van der Waals surface area contributed by atoms with Gasteiger partial charge in [-0.25, -0.2) is 0 Å². The van der Waals surface area contributed by atoms with Crippen molar-refractivity contribution >= 4 is 50.9 Å². The molecule has 1 heterocycles. The number of carbonyl (C=O) groups is 1. The lowest BCUT2D eigenvalue weighted by molar-refractivity contribution is -0.117. The van der Waals surface area contributed by atoms with Gasteiger partial charge in [0.1, 0.15) is 0 Å². The van der Waals surface area contributed by atoms with E-state index < -0.39 is 0 Å². The molecule has 1 unspecified atom stereocenters. The summed E-state index contributed by atoms with van der Waals surface area (Å²) in [6, 6.07) is 3.54. The van der Waals surface area contributed by atoms with Crippen LogP contribution in [0.1, 0.15) is 5.56 Å². The molecule has 1 saturated heterocycles. The van der Waals surface area contributed by atoms with Gasteiger partial charge >= 0.3 is 0 Å². The van der Waals surface area contributed by atoms with Crippen LogP contribution in [-0.4, -0.2) is 23.6 Å². The average molecular weight is 336 g/mol. The summed E-state index contributed by atoms with van der Waals surface area (Å²) >= 11 is 11.2. The Balaban J connectivity index is 2.12. The second kappa shape index (κ2) is 5.61. The van der Waals surface area contributed by atoms with Crippen molar-refractivity contribution in [2.75, 3.05) is 16.9 Å². The smallest absolute Gasteiger partial charge is 0.242 e. The lowest BCUT2D eigenvalue weighted by Gasteiger charge is -2.13. The summed E-state index contributed by atoms with van der Waals surface area (Å²) in [6.07, 6.45) is 0. The molecule has 0 radical (unpaired) electrons. The molecule has 1 aromatic rings. The van der Waals surface area contributed by atoms with E-state index in [0.29, 0.717) is 10.7 Å². The van der Waals surface area contributed by atoms with Crippen molar-refractivity contribution in [3.63, 3.8) is 0 Å². The van der Waals surface area contributed by atoms with Crippen molar-refractivity contribution in [1.82, 2.24) is 5.32 Å². The molecule has 92 valence electrons. The second-order valence-corrected chi connectivity index (χ2v) is 6.13. The summed E-state index contributed by atoms with van der Waals surface area (Å²) in [7, 11) is 0. The topological polar surface area (TPSA) is 41.1 Å². The highest BCUT2D eigenvalue weighted by molar-refractivity contribution is 9.10. The minimum atomic E-state index is -0.119. The van der Waals surface area contributed by atoms with E-state index in [1.807, 2.05) is 13.0 Å². The fourth-order valence-corrected chi connectivity index (χ4v) is 3.19. The van der Waals surface area contributed by atoms with E-state index in [2.05, 4.69) is 26.6 Å². The summed E-state index contributed by atoms with van der Waals surface area (Å²) in [5, 5.41) is 6.65. The molecule has 2 N–H and O–H groups in total. The number of nitrogens with one attached hydrogen (secondary N) is 2. The number of rotatable bonds is 2. The van der Waals surface area contributed by atoms with E-state index in [1.54, 1.807) is 17.8 Å². The Kier molecular flexibility index (Phi) is 4.36. The van der Waals surface area contributed by atoms with Crippen molar-refractivity contribution in [2.24, 2.45) is 0 Å². The molecule has 6 heteroatoms. The van der Waals surface area contributed by atoms with E-state index in [-0.39, 0.29) is 11.9 Å². The van der Waals surface area contributed by atoms with E-state index in [0.717, 1.165) is 21.7 Å². The quantitative estimate of drug-likeness (QED) is 0.873. The molecule has 0 spiro atoms. The third-order valence-corrected chi connectivity index (χ3v) is 4.54. The van der Waals surface area contributed by atoms with Gasteiger partial charge in [-0.3, -0.25) is 10.1 Å². The predicted octanol–water partition coefficient (Wildman–Crippen LogP) is 3.01. The maximum Gasteiger partial charge on any atom is 0.242 e. The molecule has 0 bridgehead atoms. The van der Waals surface area contributed by atoms with Gasteiger partial charge in [0, 0.05) is 21.1 Å². The van der Waals surface area contributed by atoms with Gasteiger partial charge in [-0.15, -0.1) is 11.8 Å². The Morgan fingerprint density at radius 2 is 2.41 bits per heavy atom. The predicted molar refractivity (Wildman–Crippen MR) is 76.8 cm³/mol. The summed E-state index contributed by atoms with van der Waals surface area (Å²) in [4.78, 5) is 11.9. The Bertz CT molecular complexity index is 449. The lowest BCUT2D eigenvalue weighted by atomic mass is 10.2. The third kappa shape index (κ3) is 3.16. The van der Waals surface area contributed by atoms with Crippen LogP contribution in [0.25, 0.3) is 0 Å². The lowest BCUT2D eigenvalue weighted by Crippen LogP contribution is -2.37. The highest BCUT2D eigenvalue weighted by atomic mass is 79.9. The number of halogens is 2. The Morgan fingerprint density at radius 3 is 3.06 bits per heavy atom. The van der Waals surface area contributed by atoms with Gasteiger partial charge in [0.05, 0.1) is 11.7 Å². The van der Waals surface area contributed by atoms with Gasteiger partial charge < -0.3 is 5.32 Å². The van der Waals surface area contributed by atoms with Crippen molar-refractivity contribution in [1.29, 1.82) is 0 Å². The van der Waals surface area contributed by atoms with Crippen LogP contribution in [0.3, 0.4) is 0 Å². The van der Waals surface area contributed by atoms with Crippen molar-refractivity contribution in [3.05, 3.63) is 27.2 Å². The SMILES string of the molecule is Cc1cc(Br)c(NC(=O)C2CSCN2)cc1Cl. The van der Waals surface area contributed by atoms with Gasteiger partial charge in [0.2, 0.25) is 5.91 Å². The molecule has 1 aliphatic rings. The molecule has 0 aromatic heterocycles. The summed E-state index contributed by atoms with van der Waals surface area (Å²) in [6.45, 7) is 1.92. The van der Waals surface area contributed by atoms with Crippen LogP contribution in [0.15, 0.2) is 16.6 Å². The molecule has 1 fully saturated rings. The molecular formula is C11H12BrClN2OS. The zero-order valence-electron chi connectivity index (χ0n) is 9.22. The highest BCUT2D eigenvalue weighted by Crippen LogP contribution is 2.29. The number of anilines is 1. The highest BCUT2D eigenvalue weighted by Gasteiger charge is 2.23. The van der Waals surface area contributed by atoms with Crippen LogP contribution >= 0.6 is 39.3 Å². The molecule has 1 aromatic carbocycles. The number of amides is 1. The monoisotopic (exact) mass is 334 g/mol. The number of aryl methyl sites for hydroxylation is 1. The van der Waals surface area contributed by atoms with E-state index in [9.17, 15) is 4.79 Å². The van der Waals surface area contributed by atoms with Gasteiger partial charge in [0.25, 0.3) is 0 Å². The van der Waals surface area contributed by atoms with Crippen LogP contribution < -0.4 is 10.6 Å². The van der Waals surface area contributed by atoms with Gasteiger partial charge in [-0.2, -0.15) is 0 Å². The minimum Gasteiger partial charge on any atom is -0.324 e. The average Bonchev–Trinajstić information content (AvgIpc) is 2.79. The first kappa shape index (κ1) is 13.2. The first-order valence-electron chi connectivity index (χ1n) is 5.15. The standard InChI is InChI=1S/C11H12BrClN2OS/c1-6-2-7(12)9(3-8(6)13)15-11(16)10-4-17-5-14-10/h2-3,10,14H,4-5H2,1H3,(H,15,16). The molecule has 0 saturated carbocycles. The van der Waals surface area contributed by atoms with Gasteiger partial charge in [0.15, 0.2) is 0 Å². The Morgan fingerprint density at radius 1 is 1.65 bits per heavy atom. The minimum absolute atomic E-state index is 0.0179. The largest absolute Gasteiger partial charge is 0.324 e. The number of thioether (sulfide) groups is 1. The van der Waals surface area contributed by atoms with Crippen LogP contribution in [0.5, 0.6) is 0 Å². The van der Waals surface area contributed by atoms with E-state index in [1.165, 1.54) is 0 Å². The molecule has 1 aliphatic heterocycles. The second-order valence-electron chi connectivity index (χ2n) is 3.84. The van der Waals surface area contributed by atoms with Crippen molar-refractivity contribution < 1.29 is 4.79 Å². The fraction of sp³-hybridized carbons (Fsp3) is 0.364. The maximum absolute atomic E-state index is 11.9. The molecule has 1 amide bonds. The molecule has 1 atom stereocenters. The molecule has 17 heavy (non-hydrogen) atoms. The number of hydrogen-bond donors (Lipinski definition) is 2. The summed E-state index contributed by atoms with van der Waals surface area (Å²) < 4.78 is 0.846. The molecule has 3 nitrogen and oxygen atoms in total. The maximum atomic E-state index is 11.9. The zero-order valence-corrected chi connectivity index (χ0v) is 12.4. The van der Waals surface area contributed by atoms with Crippen LogP contribution in [0, 0.1) is 6.92 Å². The normalized spacial score (nSPS) is 19.4. The number of benzene rings is 1. The van der Waals surface area contributed by atoms with Crippen LogP contribution in [0.4, 0.5) is 5.69 Å². The summed E-state index contributed by atoms with van der Waals surface area (Å²) in [5.74, 6) is 1.62. The Hall–Kier alpha value is -0.230. The van der Waals surface area contributed by atoms with Crippen molar-refractivity contribution in [3.8, 4) is 0 Å². The summed E-state index contributed by atoms with van der Waals surface area (Å²) in [5.41, 5.74) is 1.69. The third-order valence-electron chi connectivity index (χ3n) is 2.54. The van der Waals surface area contributed by atoms with Gasteiger partial charge in [-0.1, -0.05) is 11.6 Å². The first-order valence-corrected chi connectivity index (χ1v) is 7.48. The fourth-order valence-electron chi connectivity index (χ4n) is 1.53. The van der Waals surface area contributed by atoms with E-state index in [4.69, 9.17) is 11.6 Å². The van der Waals surface area contributed by atoms with E-state index >= 15 is 0 Å².